The maximum atomic E-state index is 3.40. The number of rotatable bonds is 1. The molecule has 1 heteroatoms. The lowest BCUT2D eigenvalue weighted by Crippen LogP contribution is -2.54. The first-order chi connectivity index (χ1) is 6.35. The molecule has 1 spiro atoms. The summed E-state index contributed by atoms with van der Waals surface area (Å²) in [5.74, 6) is 1.06. The molecule has 2 rings (SSSR count). The highest BCUT2D eigenvalue weighted by molar-refractivity contribution is 4.95. The Morgan fingerprint density at radius 2 is 1.69 bits per heavy atom. The molecule has 0 amide bonds. The van der Waals surface area contributed by atoms with Gasteiger partial charge in [-0.1, -0.05) is 27.2 Å². The van der Waals surface area contributed by atoms with Crippen LogP contribution in [0.25, 0.3) is 0 Å². The molecule has 0 bridgehead atoms. The second-order valence-electron chi connectivity index (χ2n) is 4.46. The van der Waals surface area contributed by atoms with Crippen molar-refractivity contribution in [1.29, 1.82) is 0 Å². The summed E-state index contributed by atoms with van der Waals surface area (Å²) >= 11 is 0. The van der Waals surface area contributed by atoms with Gasteiger partial charge >= 0.3 is 0 Å². The maximum Gasteiger partial charge on any atom is 0.00202 e. The molecule has 0 aromatic carbocycles. The second-order valence-corrected chi connectivity index (χ2v) is 4.46. The molecule has 1 aliphatic heterocycles. The number of nitrogens with one attached hydrogen (secondary N) is 1. The van der Waals surface area contributed by atoms with Crippen molar-refractivity contribution in [2.45, 2.75) is 52.9 Å². The van der Waals surface area contributed by atoms with Crippen LogP contribution in [0.2, 0.25) is 0 Å². The van der Waals surface area contributed by atoms with Gasteiger partial charge in [-0.25, -0.2) is 0 Å². The van der Waals surface area contributed by atoms with E-state index in [9.17, 15) is 0 Å². The largest absolute Gasteiger partial charge is 0.316 e. The highest BCUT2D eigenvalue weighted by atomic mass is 15.0. The van der Waals surface area contributed by atoms with Gasteiger partial charge < -0.3 is 5.32 Å². The van der Waals surface area contributed by atoms with E-state index in [1.54, 1.807) is 0 Å². The van der Waals surface area contributed by atoms with Gasteiger partial charge in [0.2, 0.25) is 0 Å². The molecule has 1 saturated heterocycles. The third-order valence-electron chi connectivity index (χ3n) is 3.74. The Morgan fingerprint density at radius 3 is 2.00 bits per heavy atom. The summed E-state index contributed by atoms with van der Waals surface area (Å²) in [6.07, 6.45) is 7.40. The smallest absolute Gasteiger partial charge is 0.00202 e. The van der Waals surface area contributed by atoms with Crippen LogP contribution in [0.1, 0.15) is 52.9 Å². The maximum absolute atomic E-state index is 3.40. The van der Waals surface area contributed by atoms with Crippen molar-refractivity contribution in [2.75, 3.05) is 13.1 Å². The van der Waals surface area contributed by atoms with Crippen LogP contribution in [0.4, 0.5) is 0 Å². The van der Waals surface area contributed by atoms with Gasteiger partial charge in [0.1, 0.15) is 0 Å². The fraction of sp³-hybridized carbons (Fsp3) is 1.00. The van der Waals surface area contributed by atoms with E-state index in [4.69, 9.17) is 0 Å². The molecule has 0 unspecified atom stereocenters. The van der Waals surface area contributed by atoms with Crippen LogP contribution in [-0.2, 0) is 0 Å². The van der Waals surface area contributed by atoms with Crippen molar-refractivity contribution in [3.8, 4) is 0 Å². The molecule has 0 radical (unpaired) electrons. The molecule has 13 heavy (non-hydrogen) atoms. The lowest BCUT2D eigenvalue weighted by molar-refractivity contribution is 0.0808. The van der Waals surface area contributed by atoms with Gasteiger partial charge in [-0.2, -0.15) is 0 Å². The first kappa shape index (κ1) is 11.0. The first-order valence-electron chi connectivity index (χ1n) is 6.05. The summed E-state index contributed by atoms with van der Waals surface area (Å²) in [6.45, 7) is 8.95. The molecule has 1 N–H and O–H groups in total. The van der Waals surface area contributed by atoms with Crippen molar-refractivity contribution in [3.05, 3.63) is 0 Å². The van der Waals surface area contributed by atoms with Crippen molar-refractivity contribution in [3.63, 3.8) is 0 Å². The zero-order chi connectivity index (χ0) is 9.73. The van der Waals surface area contributed by atoms with E-state index in [2.05, 4.69) is 12.2 Å². The van der Waals surface area contributed by atoms with Crippen LogP contribution in [0.15, 0.2) is 0 Å². The van der Waals surface area contributed by atoms with Crippen LogP contribution >= 0.6 is 0 Å². The summed E-state index contributed by atoms with van der Waals surface area (Å²) in [4.78, 5) is 0. The molecular formula is C12H25N. The van der Waals surface area contributed by atoms with E-state index in [0.717, 1.165) is 11.3 Å². The Bertz CT molecular complexity index is 128. The molecule has 1 aliphatic carbocycles. The average molecular weight is 183 g/mol. The van der Waals surface area contributed by atoms with E-state index in [0.29, 0.717) is 0 Å². The Kier molecular flexibility index (Phi) is 4.24. The van der Waals surface area contributed by atoms with E-state index in [1.807, 2.05) is 13.8 Å². The summed E-state index contributed by atoms with van der Waals surface area (Å²) in [6, 6.07) is 0. The monoisotopic (exact) mass is 183 g/mol. The third-order valence-corrected chi connectivity index (χ3v) is 3.74. The minimum atomic E-state index is 0.770. The molecule has 0 atom stereocenters. The average Bonchev–Trinajstić information content (AvgIpc) is 2.19. The Morgan fingerprint density at radius 1 is 1.15 bits per heavy atom. The van der Waals surface area contributed by atoms with Crippen LogP contribution in [0.3, 0.4) is 0 Å². The van der Waals surface area contributed by atoms with Crippen LogP contribution in [0, 0.1) is 11.3 Å². The fourth-order valence-corrected chi connectivity index (χ4v) is 2.53. The SMILES string of the molecule is CC.CCC1CCC2(CC1)CNC2. The summed E-state index contributed by atoms with van der Waals surface area (Å²) in [7, 11) is 0. The van der Waals surface area contributed by atoms with Crippen LogP contribution < -0.4 is 5.32 Å². The van der Waals surface area contributed by atoms with Crippen molar-refractivity contribution >= 4 is 0 Å². The van der Waals surface area contributed by atoms with Gasteiger partial charge in [0.15, 0.2) is 0 Å². The zero-order valence-electron chi connectivity index (χ0n) is 9.53. The van der Waals surface area contributed by atoms with Crippen molar-refractivity contribution in [1.82, 2.24) is 5.32 Å². The van der Waals surface area contributed by atoms with Gasteiger partial charge in [-0.3, -0.25) is 0 Å². The highest BCUT2D eigenvalue weighted by Crippen LogP contribution is 2.42. The fourth-order valence-electron chi connectivity index (χ4n) is 2.53. The Hall–Kier alpha value is -0.0400. The number of hydrogen-bond acceptors (Lipinski definition) is 1. The topological polar surface area (TPSA) is 12.0 Å². The predicted octanol–water partition coefficient (Wildman–Crippen LogP) is 3.20. The molecule has 1 nitrogen and oxygen atoms in total. The highest BCUT2D eigenvalue weighted by Gasteiger charge is 2.39. The summed E-state index contributed by atoms with van der Waals surface area (Å²) in [5.41, 5.74) is 0.770. The van der Waals surface area contributed by atoms with Gasteiger partial charge in [0, 0.05) is 13.1 Å². The molecule has 1 heterocycles. The van der Waals surface area contributed by atoms with E-state index in [-0.39, 0.29) is 0 Å². The summed E-state index contributed by atoms with van der Waals surface area (Å²) in [5, 5.41) is 3.40. The molecule has 0 aromatic rings. The van der Waals surface area contributed by atoms with Gasteiger partial charge in [0.05, 0.1) is 0 Å². The minimum Gasteiger partial charge on any atom is -0.316 e. The van der Waals surface area contributed by atoms with E-state index < -0.39 is 0 Å². The standard InChI is InChI=1S/C10H19N.C2H6/c1-2-9-3-5-10(6-4-9)7-11-8-10;1-2/h9,11H,2-8H2,1H3;1-2H3. The molecule has 2 aliphatic rings. The van der Waals surface area contributed by atoms with Gasteiger partial charge in [-0.15, -0.1) is 0 Å². The Labute approximate surface area is 83.3 Å². The lowest BCUT2D eigenvalue weighted by Gasteiger charge is -2.47. The molecule has 0 aromatic heterocycles. The van der Waals surface area contributed by atoms with Crippen LogP contribution in [-0.4, -0.2) is 13.1 Å². The molecule has 2 fully saturated rings. The number of hydrogen-bond donors (Lipinski definition) is 1. The van der Waals surface area contributed by atoms with Gasteiger partial charge in [0.25, 0.3) is 0 Å². The van der Waals surface area contributed by atoms with E-state index in [1.165, 1.54) is 45.2 Å². The first-order valence-corrected chi connectivity index (χ1v) is 6.05. The second kappa shape index (κ2) is 4.99. The molecular weight excluding hydrogens is 158 g/mol. The summed E-state index contributed by atoms with van der Waals surface area (Å²) < 4.78 is 0. The van der Waals surface area contributed by atoms with Crippen molar-refractivity contribution in [2.24, 2.45) is 11.3 Å². The molecule has 78 valence electrons. The predicted molar refractivity (Wildman–Crippen MR) is 58.9 cm³/mol. The minimum absolute atomic E-state index is 0.770. The van der Waals surface area contributed by atoms with Crippen molar-refractivity contribution < 1.29 is 0 Å². The Balaban J connectivity index is 0.000000396. The van der Waals surface area contributed by atoms with E-state index >= 15 is 0 Å². The zero-order valence-corrected chi connectivity index (χ0v) is 9.53. The molecule has 1 saturated carbocycles. The van der Waals surface area contributed by atoms with Gasteiger partial charge in [-0.05, 0) is 37.0 Å². The van der Waals surface area contributed by atoms with Crippen LogP contribution in [0.5, 0.6) is 0 Å². The quantitative estimate of drug-likeness (QED) is 0.658. The lowest BCUT2D eigenvalue weighted by atomic mass is 9.66. The third kappa shape index (κ3) is 2.46. The normalized spacial score (nSPS) is 26.1.